The Morgan fingerprint density at radius 3 is 2.60 bits per heavy atom. The van der Waals surface area contributed by atoms with Gasteiger partial charge in [0.1, 0.15) is 0 Å². The Morgan fingerprint density at radius 2 is 2.00 bits per heavy atom. The van der Waals surface area contributed by atoms with Crippen LogP contribution in [0.1, 0.15) is 34.5 Å². The minimum absolute atomic E-state index is 0.0862. The number of aromatic carboxylic acids is 1. The number of anilines is 1. The lowest BCUT2D eigenvalue weighted by atomic mass is 10.1. The highest BCUT2D eigenvalue weighted by Crippen LogP contribution is 2.24. The number of hydrogen-bond donors (Lipinski definition) is 2. The first-order valence-electron chi connectivity index (χ1n) is 6.33. The first-order valence-corrected chi connectivity index (χ1v) is 6.71. The Balaban J connectivity index is 2.19. The number of carbonyl (C=O) groups is 1. The fraction of sp³-hybridized carbons (Fsp3) is 0.188. The molecule has 0 fully saturated rings. The minimum Gasteiger partial charge on any atom is -0.478 e. The average Bonchev–Trinajstić information content (AvgIpc) is 2.40. The SMILES string of the molecule is Cc1cc(C(=O)O)ccc1NC(C)c1cccc(Cl)c1. The maximum atomic E-state index is 10.9. The summed E-state index contributed by atoms with van der Waals surface area (Å²) >= 11 is 5.99. The molecule has 2 rings (SSSR count). The van der Waals surface area contributed by atoms with Crippen molar-refractivity contribution in [1.82, 2.24) is 0 Å². The van der Waals surface area contributed by atoms with E-state index >= 15 is 0 Å². The van der Waals surface area contributed by atoms with Crippen LogP contribution in [-0.2, 0) is 0 Å². The highest BCUT2D eigenvalue weighted by Gasteiger charge is 2.09. The summed E-state index contributed by atoms with van der Waals surface area (Å²) in [6.45, 7) is 3.93. The third-order valence-electron chi connectivity index (χ3n) is 3.19. The van der Waals surface area contributed by atoms with Crippen LogP contribution in [0.15, 0.2) is 42.5 Å². The van der Waals surface area contributed by atoms with E-state index in [0.717, 1.165) is 16.8 Å². The van der Waals surface area contributed by atoms with Gasteiger partial charge < -0.3 is 10.4 Å². The van der Waals surface area contributed by atoms with Crippen molar-refractivity contribution < 1.29 is 9.90 Å². The molecule has 20 heavy (non-hydrogen) atoms. The summed E-state index contributed by atoms with van der Waals surface area (Å²) in [5.74, 6) is -0.914. The molecule has 0 saturated heterocycles. The monoisotopic (exact) mass is 289 g/mol. The Hall–Kier alpha value is -2.00. The van der Waals surface area contributed by atoms with E-state index in [1.807, 2.05) is 38.1 Å². The van der Waals surface area contributed by atoms with Gasteiger partial charge in [-0.2, -0.15) is 0 Å². The molecular weight excluding hydrogens is 274 g/mol. The summed E-state index contributed by atoms with van der Waals surface area (Å²) in [6, 6.07) is 12.8. The van der Waals surface area contributed by atoms with Crippen molar-refractivity contribution in [2.24, 2.45) is 0 Å². The molecular formula is C16H16ClNO2. The minimum atomic E-state index is -0.914. The topological polar surface area (TPSA) is 49.3 Å². The van der Waals surface area contributed by atoms with E-state index in [2.05, 4.69) is 5.32 Å². The van der Waals surface area contributed by atoms with Gasteiger partial charge in [0, 0.05) is 16.8 Å². The van der Waals surface area contributed by atoms with Crippen molar-refractivity contribution in [3.05, 3.63) is 64.2 Å². The molecule has 2 N–H and O–H groups in total. The maximum absolute atomic E-state index is 10.9. The van der Waals surface area contributed by atoms with Crippen LogP contribution in [0.5, 0.6) is 0 Å². The number of carboxylic acids is 1. The fourth-order valence-electron chi connectivity index (χ4n) is 2.05. The lowest BCUT2D eigenvalue weighted by Crippen LogP contribution is -2.08. The zero-order valence-corrected chi connectivity index (χ0v) is 12.1. The highest BCUT2D eigenvalue weighted by molar-refractivity contribution is 6.30. The van der Waals surface area contributed by atoms with Crippen LogP contribution >= 0.6 is 11.6 Å². The van der Waals surface area contributed by atoms with Crippen molar-refractivity contribution in [2.45, 2.75) is 19.9 Å². The van der Waals surface area contributed by atoms with Gasteiger partial charge in [-0.25, -0.2) is 4.79 Å². The predicted molar refractivity (Wildman–Crippen MR) is 81.6 cm³/mol. The van der Waals surface area contributed by atoms with Gasteiger partial charge >= 0.3 is 5.97 Å². The second-order valence-electron chi connectivity index (χ2n) is 4.76. The van der Waals surface area contributed by atoms with E-state index < -0.39 is 5.97 Å². The Bertz CT molecular complexity index is 640. The van der Waals surface area contributed by atoms with E-state index in [0.29, 0.717) is 10.6 Å². The number of rotatable bonds is 4. The van der Waals surface area contributed by atoms with E-state index in [1.54, 1.807) is 18.2 Å². The van der Waals surface area contributed by atoms with Crippen molar-refractivity contribution >= 4 is 23.3 Å². The number of aryl methyl sites for hydroxylation is 1. The summed E-state index contributed by atoms with van der Waals surface area (Å²) < 4.78 is 0. The van der Waals surface area contributed by atoms with Gasteiger partial charge in [0.2, 0.25) is 0 Å². The van der Waals surface area contributed by atoms with Crippen LogP contribution in [0.4, 0.5) is 5.69 Å². The summed E-state index contributed by atoms with van der Waals surface area (Å²) in [5.41, 5.74) is 3.20. The molecule has 0 heterocycles. The van der Waals surface area contributed by atoms with Crippen LogP contribution in [-0.4, -0.2) is 11.1 Å². The smallest absolute Gasteiger partial charge is 0.335 e. The summed E-state index contributed by atoms with van der Waals surface area (Å²) in [5, 5.41) is 13.0. The molecule has 0 spiro atoms. The molecule has 1 unspecified atom stereocenters. The average molecular weight is 290 g/mol. The number of nitrogens with one attached hydrogen (secondary N) is 1. The summed E-state index contributed by atoms with van der Waals surface area (Å²) in [4.78, 5) is 10.9. The van der Waals surface area contributed by atoms with Gasteiger partial charge in [-0.15, -0.1) is 0 Å². The van der Waals surface area contributed by atoms with E-state index in [4.69, 9.17) is 16.7 Å². The number of carboxylic acid groups (broad SMARTS) is 1. The molecule has 3 nitrogen and oxygen atoms in total. The van der Waals surface area contributed by atoms with Crippen LogP contribution < -0.4 is 5.32 Å². The number of halogens is 1. The van der Waals surface area contributed by atoms with E-state index in [1.165, 1.54) is 0 Å². The van der Waals surface area contributed by atoms with Crippen LogP contribution in [0, 0.1) is 6.92 Å². The Kier molecular flexibility index (Phi) is 4.30. The van der Waals surface area contributed by atoms with Crippen molar-refractivity contribution in [2.75, 3.05) is 5.32 Å². The molecule has 0 aliphatic carbocycles. The quantitative estimate of drug-likeness (QED) is 0.870. The molecule has 0 bridgehead atoms. The van der Waals surface area contributed by atoms with Gasteiger partial charge in [0.05, 0.1) is 5.56 Å². The van der Waals surface area contributed by atoms with Gasteiger partial charge in [-0.3, -0.25) is 0 Å². The van der Waals surface area contributed by atoms with Crippen molar-refractivity contribution in [1.29, 1.82) is 0 Å². The molecule has 0 radical (unpaired) electrons. The fourth-order valence-corrected chi connectivity index (χ4v) is 2.25. The molecule has 1 atom stereocenters. The lowest BCUT2D eigenvalue weighted by Gasteiger charge is -2.18. The molecule has 0 aromatic heterocycles. The molecule has 104 valence electrons. The summed E-state index contributed by atoms with van der Waals surface area (Å²) in [7, 11) is 0. The van der Waals surface area contributed by atoms with Crippen LogP contribution in [0.3, 0.4) is 0 Å². The number of benzene rings is 2. The molecule has 4 heteroatoms. The number of hydrogen-bond acceptors (Lipinski definition) is 2. The van der Waals surface area contributed by atoms with Crippen molar-refractivity contribution in [3.8, 4) is 0 Å². The van der Waals surface area contributed by atoms with Gasteiger partial charge in [-0.1, -0.05) is 23.7 Å². The largest absolute Gasteiger partial charge is 0.478 e. The maximum Gasteiger partial charge on any atom is 0.335 e. The van der Waals surface area contributed by atoms with Gasteiger partial charge in [0.15, 0.2) is 0 Å². The highest BCUT2D eigenvalue weighted by atomic mass is 35.5. The third kappa shape index (κ3) is 3.31. The zero-order chi connectivity index (χ0) is 14.7. The lowest BCUT2D eigenvalue weighted by molar-refractivity contribution is 0.0697. The standard InChI is InChI=1S/C16H16ClNO2/c1-10-8-13(16(19)20)6-7-15(10)18-11(2)12-4-3-5-14(17)9-12/h3-9,11,18H,1-2H3,(H,19,20). The molecule has 0 aliphatic heterocycles. The Morgan fingerprint density at radius 1 is 1.25 bits per heavy atom. The molecule has 2 aromatic carbocycles. The first-order chi connectivity index (χ1) is 9.47. The predicted octanol–water partition coefficient (Wildman–Crippen LogP) is 4.52. The second-order valence-corrected chi connectivity index (χ2v) is 5.19. The molecule has 0 aliphatic rings. The zero-order valence-electron chi connectivity index (χ0n) is 11.4. The van der Waals surface area contributed by atoms with E-state index in [9.17, 15) is 4.79 Å². The van der Waals surface area contributed by atoms with Crippen LogP contribution in [0.2, 0.25) is 5.02 Å². The molecule has 0 amide bonds. The van der Waals surface area contributed by atoms with Crippen molar-refractivity contribution in [3.63, 3.8) is 0 Å². The third-order valence-corrected chi connectivity index (χ3v) is 3.43. The molecule has 2 aromatic rings. The van der Waals surface area contributed by atoms with Crippen LogP contribution in [0.25, 0.3) is 0 Å². The van der Waals surface area contributed by atoms with Gasteiger partial charge in [-0.05, 0) is 55.3 Å². The summed E-state index contributed by atoms with van der Waals surface area (Å²) in [6.07, 6.45) is 0. The van der Waals surface area contributed by atoms with Gasteiger partial charge in [0.25, 0.3) is 0 Å². The van der Waals surface area contributed by atoms with E-state index in [-0.39, 0.29) is 6.04 Å². The normalized spacial score (nSPS) is 11.9. The first kappa shape index (κ1) is 14.4. The Labute approximate surface area is 123 Å². The second kappa shape index (κ2) is 5.97. The molecule has 0 saturated carbocycles.